The Bertz CT molecular complexity index is 618. The van der Waals surface area contributed by atoms with Gasteiger partial charge in [-0.15, -0.1) is 0 Å². The van der Waals surface area contributed by atoms with Gasteiger partial charge < -0.3 is 4.74 Å². The van der Waals surface area contributed by atoms with Crippen LogP contribution in [0.3, 0.4) is 0 Å². The van der Waals surface area contributed by atoms with Crippen molar-refractivity contribution in [2.24, 2.45) is 0 Å². The molecule has 0 aromatic heterocycles. The Morgan fingerprint density at radius 2 is 1.50 bits per heavy atom. The van der Waals surface area contributed by atoms with Crippen molar-refractivity contribution < 1.29 is 17.9 Å². The van der Waals surface area contributed by atoms with Crippen LogP contribution in [0.1, 0.15) is 17.5 Å². The van der Waals surface area contributed by atoms with Crippen LogP contribution in [0.2, 0.25) is 0 Å². The number of ether oxygens (including phenoxy) is 1. The van der Waals surface area contributed by atoms with E-state index in [1.54, 1.807) is 0 Å². The van der Waals surface area contributed by atoms with E-state index in [0.717, 1.165) is 11.1 Å². The first-order chi connectivity index (χ1) is 11.4. The summed E-state index contributed by atoms with van der Waals surface area (Å²) in [6, 6.07) is 19.6. The predicted molar refractivity (Wildman–Crippen MR) is 86.7 cm³/mol. The summed E-state index contributed by atoms with van der Waals surface area (Å²) in [5.41, 5.74) is 1.51. The van der Waals surface area contributed by atoms with Crippen molar-refractivity contribution in [1.29, 1.82) is 0 Å². The van der Waals surface area contributed by atoms with Crippen LogP contribution in [-0.4, -0.2) is 37.4 Å². The molecule has 1 aliphatic rings. The van der Waals surface area contributed by atoms with Crippen LogP contribution in [0.4, 0.5) is 13.2 Å². The normalized spacial score (nSPS) is 20.6. The standard InChI is InChI=1S/C19H20F3NO/c1-23-14-17(24-13-12-18(20,21)22)19(23,15-8-4-2-5-9-15)16-10-6-3-7-11-16/h2-11,17H,12-14H2,1H3. The highest BCUT2D eigenvalue weighted by atomic mass is 19.4. The highest BCUT2D eigenvalue weighted by Crippen LogP contribution is 2.46. The molecule has 0 radical (unpaired) electrons. The highest BCUT2D eigenvalue weighted by molar-refractivity contribution is 5.43. The molecular formula is C19H20F3NO. The molecule has 2 aromatic carbocycles. The minimum atomic E-state index is -4.20. The van der Waals surface area contributed by atoms with Crippen molar-refractivity contribution in [3.8, 4) is 0 Å². The molecule has 1 saturated heterocycles. The van der Waals surface area contributed by atoms with Crippen LogP contribution in [0.15, 0.2) is 60.7 Å². The van der Waals surface area contributed by atoms with Gasteiger partial charge in [-0.2, -0.15) is 13.2 Å². The number of halogens is 3. The van der Waals surface area contributed by atoms with Gasteiger partial charge in [0.25, 0.3) is 0 Å². The Kier molecular flexibility index (Phi) is 4.65. The zero-order valence-corrected chi connectivity index (χ0v) is 13.5. The van der Waals surface area contributed by atoms with Crippen LogP contribution < -0.4 is 0 Å². The summed E-state index contributed by atoms with van der Waals surface area (Å²) in [7, 11) is 1.98. The van der Waals surface area contributed by atoms with E-state index in [1.807, 2.05) is 67.7 Å². The first-order valence-electron chi connectivity index (χ1n) is 7.95. The fraction of sp³-hybridized carbons (Fsp3) is 0.368. The maximum atomic E-state index is 12.5. The van der Waals surface area contributed by atoms with Gasteiger partial charge in [0.1, 0.15) is 0 Å². The number of alkyl halides is 3. The summed E-state index contributed by atoms with van der Waals surface area (Å²) >= 11 is 0. The van der Waals surface area contributed by atoms with E-state index >= 15 is 0 Å². The molecule has 3 rings (SSSR count). The Balaban J connectivity index is 1.92. The van der Waals surface area contributed by atoms with E-state index in [4.69, 9.17) is 4.74 Å². The highest BCUT2D eigenvalue weighted by Gasteiger charge is 2.54. The number of rotatable bonds is 5. The van der Waals surface area contributed by atoms with E-state index < -0.39 is 18.1 Å². The Morgan fingerprint density at radius 1 is 1.00 bits per heavy atom. The van der Waals surface area contributed by atoms with E-state index in [2.05, 4.69) is 4.90 Å². The van der Waals surface area contributed by atoms with Gasteiger partial charge in [-0.25, -0.2) is 0 Å². The zero-order valence-electron chi connectivity index (χ0n) is 13.5. The lowest BCUT2D eigenvalue weighted by atomic mass is 9.71. The molecule has 0 bridgehead atoms. The van der Waals surface area contributed by atoms with Gasteiger partial charge >= 0.3 is 6.18 Å². The number of benzene rings is 2. The van der Waals surface area contributed by atoms with Gasteiger partial charge in [-0.3, -0.25) is 4.90 Å². The largest absolute Gasteiger partial charge is 0.391 e. The van der Waals surface area contributed by atoms with Gasteiger partial charge in [0.2, 0.25) is 0 Å². The van der Waals surface area contributed by atoms with Crippen molar-refractivity contribution >= 4 is 0 Å². The fourth-order valence-corrected chi connectivity index (χ4v) is 3.51. The summed E-state index contributed by atoms with van der Waals surface area (Å²) in [4.78, 5) is 2.13. The van der Waals surface area contributed by atoms with Crippen molar-refractivity contribution in [3.05, 3.63) is 71.8 Å². The molecule has 0 N–H and O–H groups in total. The second kappa shape index (κ2) is 6.57. The third-order valence-electron chi connectivity index (χ3n) is 4.64. The number of likely N-dealkylation sites (tertiary alicyclic amines) is 1. The first-order valence-corrected chi connectivity index (χ1v) is 7.95. The zero-order chi connectivity index (χ0) is 17.2. The lowest BCUT2D eigenvalue weighted by Gasteiger charge is -2.57. The topological polar surface area (TPSA) is 12.5 Å². The number of hydrogen-bond acceptors (Lipinski definition) is 2. The molecule has 128 valence electrons. The molecule has 1 heterocycles. The Hall–Kier alpha value is -1.85. The lowest BCUT2D eigenvalue weighted by molar-refractivity contribution is -0.178. The second-order valence-electron chi connectivity index (χ2n) is 6.10. The van der Waals surface area contributed by atoms with E-state index in [-0.39, 0.29) is 12.7 Å². The molecule has 0 spiro atoms. The molecule has 2 aromatic rings. The average Bonchev–Trinajstić information content (AvgIpc) is 2.55. The van der Waals surface area contributed by atoms with Crippen LogP contribution in [0, 0.1) is 0 Å². The predicted octanol–water partition coefficient (Wildman–Crippen LogP) is 4.21. The van der Waals surface area contributed by atoms with Gasteiger partial charge in [0, 0.05) is 6.54 Å². The monoisotopic (exact) mass is 335 g/mol. The van der Waals surface area contributed by atoms with Crippen LogP contribution in [-0.2, 0) is 10.3 Å². The SMILES string of the molecule is CN1CC(OCCC(F)(F)F)C1(c1ccccc1)c1ccccc1. The van der Waals surface area contributed by atoms with Crippen molar-refractivity contribution in [2.45, 2.75) is 24.2 Å². The summed E-state index contributed by atoms with van der Waals surface area (Å²) in [6.07, 6.45) is -5.43. The summed E-state index contributed by atoms with van der Waals surface area (Å²) < 4.78 is 43.0. The molecule has 5 heteroatoms. The smallest absolute Gasteiger partial charge is 0.374 e. The minimum absolute atomic E-state index is 0.311. The summed E-state index contributed by atoms with van der Waals surface area (Å²) in [5, 5.41) is 0. The number of likely N-dealkylation sites (N-methyl/N-ethyl adjacent to an activating group) is 1. The van der Waals surface area contributed by atoms with E-state index in [0.29, 0.717) is 6.54 Å². The van der Waals surface area contributed by atoms with Crippen LogP contribution in [0.25, 0.3) is 0 Å². The molecule has 1 unspecified atom stereocenters. The van der Waals surface area contributed by atoms with Crippen LogP contribution >= 0.6 is 0 Å². The molecule has 0 amide bonds. The molecular weight excluding hydrogens is 315 g/mol. The van der Waals surface area contributed by atoms with Gasteiger partial charge in [-0.05, 0) is 18.2 Å². The molecule has 0 saturated carbocycles. The van der Waals surface area contributed by atoms with E-state index in [1.165, 1.54) is 0 Å². The summed E-state index contributed by atoms with van der Waals surface area (Å²) in [6.45, 7) is 0.283. The molecule has 1 fully saturated rings. The third-order valence-corrected chi connectivity index (χ3v) is 4.64. The second-order valence-corrected chi connectivity index (χ2v) is 6.10. The van der Waals surface area contributed by atoms with Crippen molar-refractivity contribution in [2.75, 3.05) is 20.2 Å². The first kappa shape index (κ1) is 17.0. The number of hydrogen-bond donors (Lipinski definition) is 0. The van der Waals surface area contributed by atoms with E-state index in [9.17, 15) is 13.2 Å². The maximum absolute atomic E-state index is 12.5. The molecule has 2 nitrogen and oxygen atoms in total. The minimum Gasteiger partial charge on any atom is -0.374 e. The molecule has 24 heavy (non-hydrogen) atoms. The quantitative estimate of drug-likeness (QED) is 0.811. The van der Waals surface area contributed by atoms with Gasteiger partial charge in [-0.1, -0.05) is 60.7 Å². The fourth-order valence-electron chi connectivity index (χ4n) is 3.51. The average molecular weight is 335 g/mol. The summed E-state index contributed by atoms with van der Waals surface area (Å²) in [5.74, 6) is 0. The van der Waals surface area contributed by atoms with Gasteiger partial charge in [0.05, 0.1) is 24.7 Å². The third kappa shape index (κ3) is 3.06. The van der Waals surface area contributed by atoms with Crippen molar-refractivity contribution in [1.82, 2.24) is 4.90 Å². The Labute approximate surface area is 139 Å². The van der Waals surface area contributed by atoms with Crippen LogP contribution in [0.5, 0.6) is 0 Å². The molecule has 1 atom stereocenters. The Morgan fingerprint density at radius 3 is 1.92 bits per heavy atom. The lowest BCUT2D eigenvalue weighted by Crippen LogP contribution is -2.68. The van der Waals surface area contributed by atoms with Crippen molar-refractivity contribution in [3.63, 3.8) is 0 Å². The molecule has 0 aliphatic carbocycles. The molecule has 1 aliphatic heterocycles. The number of nitrogens with zero attached hydrogens (tertiary/aromatic N) is 1. The maximum Gasteiger partial charge on any atom is 0.391 e. The van der Waals surface area contributed by atoms with Gasteiger partial charge in [0.15, 0.2) is 0 Å².